The number of nitrogens with zero attached hydrogens (tertiary/aromatic N) is 3. The number of halogens is 2. The van der Waals surface area contributed by atoms with Crippen LogP contribution >= 0.6 is 27.5 Å². The lowest BCUT2D eigenvalue weighted by atomic mass is 10.2. The van der Waals surface area contributed by atoms with Crippen LogP contribution in [-0.2, 0) is 4.79 Å². The Labute approximate surface area is 138 Å². The summed E-state index contributed by atoms with van der Waals surface area (Å²) in [5.41, 5.74) is 1.76. The van der Waals surface area contributed by atoms with Gasteiger partial charge in [0.25, 0.3) is 0 Å². The Kier molecular flexibility index (Phi) is 4.94. The number of carbonyl (C=O) groups is 1. The highest BCUT2D eigenvalue weighted by Gasteiger charge is 2.25. The summed E-state index contributed by atoms with van der Waals surface area (Å²) in [5, 5.41) is -0.265. The van der Waals surface area contributed by atoms with E-state index in [2.05, 4.69) is 20.9 Å². The van der Waals surface area contributed by atoms with Crippen molar-refractivity contribution < 1.29 is 4.79 Å². The molecule has 0 aliphatic rings. The van der Waals surface area contributed by atoms with Gasteiger partial charge in [0.2, 0.25) is 5.91 Å². The van der Waals surface area contributed by atoms with Gasteiger partial charge >= 0.3 is 0 Å². The molecule has 0 N–H and O–H groups in total. The molecule has 2 aromatic rings. The minimum Gasteiger partial charge on any atom is -0.344 e. The number of carbonyl (C=O) groups excluding carboxylic acids is 1. The zero-order valence-corrected chi connectivity index (χ0v) is 14.9. The van der Waals surface area contributed by atoms with Crippen molar-refractivity contribution in [2.24, 2.45) is 0 Å². The van der Waals surface area contributed by atoms with Crippen molar-refractivity contribution in [3.05, 3.63) is 28.5 Å². The summed E-state index contributed by atoms with van der Waals surface area (Å²) in [4.78, 5) is 18.8. The third kappa shape index (κ3) is 3.09. The highest BCUT2D eigenvalue weighted by Crippen LogP contribution is 2.30. The third-order valence-corrected chi connectivity index (χ3v) is 4.32. The van der Waals surface area contributed by atoms with Crippen LogP contribution in [0, 0.1) is 0 Å². The Morgan fingerprint density at radius 2 is 2.14 bits per heavy atom. The first-order valence-electron chi connectivity index (χ1n) is 6.93. The first-order valence-corrected chi connectivity index (χ1v) is 8.16. The summed E-state index contributed by atoms with van der Waals surface area (Å²) in [7, 11) is 1.80. The van der Waals surface area contributed by atoms with E-state index in [1.807, 2.05) is 43.5 Å². The van der Waals surface area contributed by atoms with Gasteiger partial charge in [-0.15, -0.1) is 11.6 Å². The maximum Gasteiger partial charge on any atom is 0.245 e. The topological polar surface area (TPSA) is 38.1 Å². The number of amides is 1. The third-order valence-electron chi connectivity index (χ3n) is 3.63. The number of alkyl halides is 1. The normalized spacial score (nSPS) is 14.2. The monoisotopic (exact) mass is 371 g/mol. The molecule has 0 aliphatic heterocycles. The smallest absolute Gasteiger partial charge is 0.245 e. The van der Waals surface area contributed by atoms with Crippen LogP contribution < -0.4 is 0 Å². The molecule has 1 aromatic carbocycles. The van der Waals surface area contributed by atoms with Gasteiger partial charge in [0.1, 0.15) is 11.9 Å². The molecule has 2 atom stereocenters. The number of hydrogen-bond donors (Lipinski definition) is 0. The predicted octanol–water partition coefficient (Wildman–Crippen LogP) is 4.14. The van der Waals surface area contributed by atoms with Crippen LogP contribution in [0.1, 0.15) is 38.0 Å². The molecule has 0 saturated carbocycles. The summed E-state index contributed by atoms with van der Waals surface area (Å²) < 4.78 is 2.89. The second-order valence-corrected chi connectivity index (χ2v) is 6.69. The molecule has 0 spiro atoms. The first-order chi connectivity index (χ1) is 9.86. The van der Waals surface area contributed by atoms with Crippen LogP contribution in [-0.4, -0.2) is 34.0 Å². The number of aromatic nitrogens is 2. The molecule has 0 aliphatic carbocycles. The average Bonchev–Trinajstić information content (AvgIpc) is 2.83. The summed E-state index contributed by atoms with van der Waals surface area (Å²) in [6.45, 7) is 6.39. The molecular formula is C15H19BrClN3O. The van der Waals surface area contributed by atoms with E-state index >= 15 is 0 Å². The molecule has 1 amide bonds. The minimum atomic E-state index is -0.336. The zero-order valence-electron chi connectivity index (χ0n) is 12.6. The predicted molar refractivity (Wildman–Crippen MR) is 89.7 cm³/mol. The van der Waals surface area contributed by atoms with E-state index in [1.54, 1.807) is 11.9 Å². The van der Waals surface area contributed by atoms with Gasteiger partial charge in [0, 0.05) is 18.1 Å². The van der Waals surface area contributed by atoms with Crippen LogP contribution in [0.2, 0.25) is 0 Å². The molecule has 2 unspecified atom stereocenters. The number of likely N-dealkylation sites (N-methyl/N-ethyl adjacent to an activating group) is 1. The number of benzene rings is 1. The number of imidazole rings is 1. The fourth-order valence-corrected chi connectivity index (χ4v) is 2.87. The molecular weight excluding hydrogens is 354 g/mol. The van der Waals surface area contributed by atoms with Crippen molar-refractivity contribution in [2.45, 2.75) is 32.2 Å². The van der Waals surface area contributed by atoms with Gasteiger partial charge in [-0.3, -0.25) is 4.79 Å². The van der Waals surface area contributed by atoms with E-state index in [1.165, 1.54) is 0 Å². The van der Waals surface area contributed by atoms with E-state index in [-0.39, 0.29) is 17.3 Å². The highest BCUT2D eigenvalue weighted by molar-refractivity contribution is 9.10. The fourth-order valence-electron chi connectivity index (χ4n) is 2.36. The molecule has 0 saturated heterocycles. The van der Waals surface area contributed by atoms with Gasteiger partial charge in [-0.05, 0) is 39.0 Å². The SMILES string of the molecule is CCN(C)C(=O)C(C)n1c(C(C)Cl)nc2cc(Br)ccc21. The van der Waals surface area contributed by atoms with E-state index in [0.29, 0.717) is 6.54 Å². The van der Waals surface area contributed by atoms with Crippen molar-refractivity contribution >= 4 is 44.5 Å². The van der Waals surface area contributed by atoms with Crippen molar-refractivity contribution in [3.8, 4) is 0 Å². The Bertz CT molecular complexity index is 668. The standard InChI is InChI=1S/C15H19BrClN3O/c1-5-19(4)15(21)10(3)20-13-7-6-11(16)8-12(13)18-14(20)9(2)17/h6-10H,5H2,1-4H3. The molecule has 1 aromatic heterocycles. The molecule has 21 heavy (non-hydrogen) atoms. The second-order valence-electron chi connectivity index (χ2n) is 5.12. The van der Waals surface area contributed by atoms with Crippen LogP contribution in [0.3, 0.4) is 0 Å². The maximum atomic E-state index is 12.5. The Hall–Kier alpha value is -1.07. The van der Waals surface area contributed by atoms with E-state index in [9.17, 15) is 4.79 Å². The number of fused-ring (bicyclic) bond motifs is 1. The van der Waals surface area contributed by atoms with E-state index in [0.717, 1.165) is 21.3 Å². The minimum absolute atomic E-state index is 0.0540. The molecule has 1 heterocycles. The summed E-state index contributed by atoms with van der Waals surface area (Å²) in [6.07, 6.45) is 0. The van der Waals surface area contributed by atoms with Crippen molar-refractivity contribution in [2.75, 3.05) is 13.6 Å². The second kappa shape index (κ2) is 6.36. The maximum absolute atomic E-state index is 12.5. The van der Waals surface area contributed by atoms with Crippen LogP contribution in [0.4, 0.5) is 0 Å². The van der Waals surface area contributed by atoms with Gasteiger partial charge < -0.3 is 9.47 Å². The van der Waals surface area contributed by atoms with Gasteiger partial charge in [0.05, 0.1) is 16.4 Å². The van der Waals surface area contributed by atoms with Gasteiger partial charge in [-0.2, -0.15) is 0 Å². The lowest BCUT2D eigenvalue weighted by Crippen LogP contribution is -2.33. The molecule has 0 radical (unpaired) electrons. The van der Waals surface area contributed by atoms with Gasteiger partial charge in [0.15, 0.2) is 0 Å². The van der Waals surface area contributed by atoms with Crippen LogP contribution in [0.5, 0.6) is 0 Å². The average molecular weight is 373 g/mol. The Morgan fingerprint density at radius 1 is 1.48 bits per heavy atom. The van der Waals surface area contributed by atoms with Crippen LogP contribution in [0.25, 0.3) is 11.0 Å². The Morgan fingerprint density at radius 3 is 2.71 bits per heavy atom. The fraction of sp³-hybridized carbons (Fsp3) is 0.467. The number of rotatable bonds is 4. The summed E-state index contributed by atoms with van der Waals surface area (Å²) >= 11 is 9.71. The van der Waals surface area contributed by atoms with Crippen molar-refractivity contribution in [1.29, 1.82) is 0 Å². The van der Waals surface area contributed by atoms with E-state index < -0.39 is 0 Å². The lowest BCUT2D eigenvalue weighted by Gasteiger charge is -2.23. The quantitative estimate of drug-likeness (QED) is 0.757. The van der Waals surface area contributed by atoms with Crippen molar-refractivity contribution in [3.63, 3.8) is 0 Å². The highest BCUT2D eigenvalue weighted by atomic mass is 79.9. The molecule has 114 valence electrons. The number of hydrogen-bond acceptors (Lipinski definition) is 2. The molecule has 2 rings (SSSR count). The van der Waals surface area contributed by atoms with E-state index in [4.69, 9.17) is 11.6 Å². The summed E-state index contributed by atoms with van der Waals surface area (Å²) in [6, 6.07) is 5.52. The van der Waals surface area contributed by atoms with Crippen LogP contribution in [0.15, 0.2) is 22.7 Å². The molecule has 0 fully saturated rings. The molecule has 4 nitrogen and oxygen atoms in total. The molecule has 0 bridgehead atoms. The lowest BCUT2D eigenvalue weighted by molar-refractivity contribution is -0.132. The zero-order chi connectivity index (χ0) is 15.7. The molecule has 6 heteroatoms. The van der Waals surface area contributed by atoms with Gasteiger partial charge in [-0.25, -0.2) is 4.98 Å². The summed E-state index contributed by atoms with van der Waals surface area (Å²) in [5.74, 6) is 0.772. The largest absolute Gasteiger partial charge is 0.344 e. The first kappa shape index (κ1) is 16.3. The van der Waals surface area contributed by atoms with Crippen molar-refractivity contribution in [1.82, 2.24) is 14.5 Å². The van der Waals surface area contributed by atoms with Gasteiger partial charge in [-0.1, -0.05) is 15.9 Å². The Balaban J connectivity index is 2.60.